The monoisotopic (exact) mass is 280 g/mol. The van der Waals surface area contributed by atoms with Crippen LogP contribution in [0.5, 0.6) is 0 Å². The highest BCUT2D eigenvalue weighted by Gasteiger charge is 2.35. The van der Waals surface area contributed by atoms with Crippen LogP contribution in [0.4, 0.5) is 0 Å². The Hall–Kier alpha value is -0.960. The molecule has 19 heavy (non-hydrogen) atoms. The van der Waals surface area contributed by atoms with Gasteiger partial charge in [0, 0.05) is 4.90 Å². The molecule has 0 aliphatic heterocycles. The van der Waals surface area contributed by atoms with E-state index in [4.69, 9.17) is 4.74 Å². The quantitative estimate of drug-likeness (QED) is 0.393. The van der Waals surface area contributed by atoms with Gasteiger partial charge in [0.05, 0.1) is 7.11 Å². The Labute approximate surface area is 120 Å². The third-order valence-electron chi connectivity index (χ3n) is 3.21. The molecular weight excluding hydrogens is 256 g/mol. The first-order valence-electron chi connectivity index (χ1n) is 6.95. The number of esters is 1. The molecule has 1 aromatic rings. The van der Waals surface area contributed by atoms with E-state index in [1.807, 2.05) is 37.3 Å². The minimum absolute atomic E-state index is 0.127. The summed E-state index contributed by atoms with van der Waals surface area (Å²) < 4.78 is 4.50. The third-order valence-corrected chi connectivity index (χ3v) is 4.54. The molecule has 0 heterocycles. The lowest BCUT2D eigenvalue weighted by atomic mass is 10.0. The highest BCUT2D eigenvalue weighted by atomic mass is 32.2. The summed E-state index contributed by atoms with van der Waals surface area (Å²) in [5.74, 6) is -0.127. The van der Waals surface area contributed by atoms with Crippen molar-refractivity contribution in [1.82, 2.24) is 0 Å². The van der Waals surface area contributed by atoms with Crippen LogP contribution in [-0.4, -0.2) is 17.8 Å². The SMILES string of the molecule is CCCCCC[C@](C)(Sc1ccccc1)C(=O)OC. The van der Waals surface area contributed by atoms with Gasteiger partial charge in [-0.15, -0.1) is 11.8 Å². The van der Waals surface area contributed by atoms with E-state index >= 15 is 0 Å². The van der Waals surface area contributed by atoms with Gasteiger partial charge < -0.3 is 4.74 Å². The van der Waals surface area contributed by atoms with Crippen molar-refractivity contribution < 1.29 is 9.53 Å². The van der Waals surface area contributed by atoms with Crippen LogP contribution >= 0.6 is 11.8 Å². The number of methoxy groups -OCH3 is 1. The summed E-state index contributed by atoms with van der Waals surface area (Å²) in [6, 6.07) is 10.1. The molecule has 2 nitrogen and oxygen atoms in total. The van der Waals surface area contributed by atoms with Crippen LogP contribution < -0.4 is 0 Å². The molecule has 3 heteroatoms. The lowest BCUT2D eigenvalue weighted by Crippen LogP contribution is -2.32. The number of carbonyl (C=O) groups is 1. The molecule has 0 aromatic heterocycles. The van der Waals surface area contributed by atoms with E-state index in [9.17, 15) is 4.79 Å². The fourth-order valence-electron chi connectivity index (χ4n) is 2.05. The van der Waals surface area contributed by atoms with Crippen molar-refractivity contribution in [2.75, 3.05) is 7.11 Å². The average Bonchev–Trinajstić information content (AvgIpc) is 2.44. The van der Waals surface area contributed by atoms with E-state index in [0.717, 1.165) is 17.7 Å². The fourth-order valence-corrected chi connectivity index (χ4v) is 3.27. The van der Waals surface area contributed by atoms with E-state index in [2.05, 4.69) is 6.92 Å². The van der Waals surface area contributed by atoms with Gasteiger partial charge in [0.15, 0.2) is 0 Å². The zero-order chi connectivity index (χ0) is 14.1. The van der Waals surface area contributed by atoms with Crippen molar-refractivity contribution in [2.45, 2.75) is 55.6 Å². The molecule has 0 unspecified atom stereocenters. The van der Waals surface area contributed by atoms with Gasteiger partial charge in [-0.25, -0.2) is 0 Å². The summed E-state index contributed by atoms with van der Waals surface area (Å²) in [7, 11) is 1.47. The number of thioether (sulfide) groups is 1. The predicted octanol–water partition coefficient (Wildman–Crippen LogP) is 4.68. The Balaban J connectivity index is 2.67. The summed E-state index contributed by atoms with van der Waals surface area (Å²) in [6.45, 7) is 4.18. The van der Waals surface area contributed by atoms with Crippen molar-refractivity contribution in [2.24, 2.45) is 0 Å². The van der Waals surface area contributed by atoms with Gasteiger partial charge in [-0.3, -0.25) is 4.79 Å². The topological polar surface area (TPSA) is 26.3 Å². The van der Waals surface area contributed by atoms with Crippen molar-refractivity contribution in [3.05, 3.63) is 30.3 Å². The smallest absolute Gasteiger partial charge is 0.322 e. The van der Waals surface area contributed by atoms with Gasteiger partial charge in [-0.1, -0.05) is 50.8 Å². The number of hydrogen-bond donors (Lipinski definition) is 0. The molecule has 1 atom stereocenters. The average molecular weight is 280 g/mol. The Morgan fingerprint density at radius 3 is 2.47 bits per heavy atom. The van der Waals surface area contributed by atoms with Crippen molar-refractivity contribution in [1.29, 1.82) is 0 Å². The van der Waals surface area contributed by atoms with Crippen LogP contribution in [0.25, 0.3) is 0 Å². The first-order valence-corrected chi connectivity index (χ1v) is 7.76. The van der Waals surface area contributed by atoms with Gasteiger partial charge in [0.25, 0.3) is 0 Å². The Kier molecular flexibility index (Phi) is 7.00. The second kappa shape index (κ2) is 8.26. The van der Waals surface area contributed by atoms with E-state index in [0.29, 0.717) is 0 Å². The molecule has 1 rings (SSSR count). The molecule has 0 saturated heterocycles. The largest absolute Gasteiger partial charge is 0.468 e. The summed E-state index contributed by atoms with van der Waals surface area (Å²) in [5.41, 5.74) is 0. The molecule has 0 radical (unpaired) electrons. The molecule has 106 valence electrons. The third kappa shape index (κ3) is 5.27. The number of carbonyl (C=O) groups excluding carboxylic acids is 1. The van der Waals surface area contributed by atoms with Crippen LogP contribution in [0.2, 0.25) is 0 Å². The molecule has 0 bridgehead atoms. The zero-order valence-electron chi connectivity index (χ0n) is 12.1. The molecule has 0 N–H and O–H groups in total. The maximum absolute atomic E-state index is 12.1. The van der Waals surface area contributed by atoms with E-state index in [-0.39, 0.29) is 5.97 Å². The summed E-state index contributed by atoms with van der Waals surface area (Å²) in [5, 5.41) is 0. The highest BCUT2D eigenvalue weighted by Crippen LogP contribution is 2.37. The zero-order valence-corrected chi connectivity index (χ0v) is 13.0. The number of ether oxygens (including phenoxy) is 1. The minimum Gasteiger partial charge on any atom is -0.468 e. The fraction of sp³-hybridized carbons (Fsp3) is 0.562. The molecule has 0 aliphatic rings. The summed E-state index contributed by atoms with van der Waals surface area (Å²) in [6.07, 6.45) is 5.55. The van der Waals surface area contributed by atoms with Gasteiger partial charge in [0.1, 0.15) is 4.75 Å². The summed E-state index contributed by atoms with van der Waals surface area (Å²) >= 11 is 1.61. The molecule has 1 aromatic carbocycles. The second-order valence-electron chi connectivity index (χ2n) is 4.95. The van der Waals surface area contributed by atoms with E-state index in [1.165, 1.54) is 26.4 Å². The van der Waals surface area contributed by atoms with Crippen LogP contribution in [0.15, 0.2) is 35.2 Å². The van der Waals surface area contributed by atoms with Gasteiger partial charge in [-0.05, 0) is 25.5 Å². The molecule has 0 fully saturated rings. The van der Waals surface area contributed by atoms with Crippen molar-refractivity contribution >= 4 is 17.7 Å². The first-order chi connectivity index (χ1) is 9.12. The lowest BCUT2D eigenvalue weighted by molar-refractivity contribution is -0.143. The van der Waals surface area contributed by atoms with E-state index in [1.54, 1.807) is 11.8 Å². The molecule has 0 aliphatic carbocycles. The van der Waals surface area contributed by atoms with Crippen molar-refractivity contribution in [3.63, 3.8) is 0 Å². The number of hydrogen-bond acceptors (Lipinski definition) is 3. The predicted molar refractivity (Wildman–Crippen MR) is 81.5 cm³/mol. The lowest BCUT2D eigenvalue weighted by Gasteiger charge is -2.26. The number of unbranched alkanes of at least 4 members (excludes halogenated alkanes) is 3. The molecular formula is C16H24O2S. The standard InChI is InChI=1S/C16H24O2S/c1-4-5-6-10-13-16(2,15(17)18-3)19-14-11-8-7-9-12-14/h7-9,11-12H,4-6,10,13H2,1-3H3/t16-/m0/s1. The molecule has 0 amide bonds. The van der Waals surface area contributed by atoms with Crippen LogP contribution in [0.3, 0.4) is 0 Å². The number of rotatable bonds is 8. The summed E-state index contributed by atoms with van der Waals surface area (Å²) in [4.78, 5) is 13.2. The van der Waals surface area contributed by atoms with Gasteiger partial charge in [0.2, 0.25) is 0 Å². The molecule has 0 spiro atoms. The maximum atomic E-state index is 12.1. The molecule has 0 saturated carbocycles. The highest BCUT2D eigenvalue weighted by molar-refractivity contribution is 8.01. The van der Waals surface area contributed by atoms with Crippen LogP contribution in [-0.2, 0) is 9.53 Å². The van der Waals surface area contributed by atoms with E-state index < -0.39 is 4.75 Å². The second-order valence-corrected chi connectivity index (χ2v) is 6.52. The van der Waals surface area contributed by atoms with Crippen LogP contribution in [0, 0.1) is 0 Å². The van der Waals surface area contributed by atoms with Gasteiger partial charge >= 0.3 is 5.97 Å². The maximum Gasteiger partial charge on any atom is 0.322 e. The number of benzene rings is 1. The van der Waals surface area contributed by atoms with Crippen molar-refractivity contribution in [3.8, 4) is 0 Å². The minimum atomic E-state index is -0.482. The Morgan fingerprint density at radius 2 is 1.89 bits per heavy atom. The first kappa shape index (κ1) is 16.1. The van der Waals surface area contributed by atoms with Gasteiger partial charge in [-0.2, -0.15) is 0 Å². The normalized spacial score (nSPS) is 13.8. The van der Waals surface area contributed by atoms with Crippen LogP contribution in [0.1, 0.15) is 46.0 Å². The Bertz CT molecular complexity index is 378. The Morgan fingerprint density at radius 1 is 1.21 bits per heavy atom.